The molecule has 0 aromatic heterocycles. The Balaban J connectivity index is 1.67. The van der Waals surface area contributed by atoms with Gasteiger partial charge in [-0.2, -0.15) is 0 Å². The molecule has 1 heterocycles. The second kappa shape index (κ2) is 9.06. The summed E-state index contributed by atoms with van der Waals surface area (Å²) >= 11 is 0. The van der Waals surface area contributed by atoms with Crippen LogP contribution in [0.1, 0.15) is 37.3 Å². The average Bonchev–Trinajstić information content (AvgIpc) is 2.52. The highest BCUT2D eigenvalue weighted by molar-refractivity contribution is 5.38. The van der Waals surface area contributed by atoms with E-state index in [0.717, 1.165) is 44.4 Å². The number of nitrogens with one attached hydrogen (secondary N) is 1. The van der Waals surface area contributed by atoms with Crippen LogP contribution in [0, 0.1) is 5.92 Å². The highest BCUT2D eigenvalue weighted by Gasteiger charge is 2.11. The second-order valence-electron chi connectivity index (χ2n) is 6.07. The van der Waals surface area contributed by atoms with Crippen molar-refractivity contribution in [2.45, 2.75) is 39.0 Å². The number of ether oxygens (including phenoxy) is 2. The topological polar surface area (TPSA) is 30.5 Å². The predicted octanol–water partition coefficient (Wildman–Crippen LogP) is 3.21. The Morgan fingerprint density at radius 3 is 3.05 bits per heavy atom. The third-order valence-corrected chi connectivity index (χ3v) is 4.20. The molecule has 2 rings (SSSR count). The fourth-order valence-electron chi connectivity index (χ4n) is 2.77. The lowest BCUT2D eigenvalue weighted by Gasteiger charge is -2.18. The second-order valence-corrected chi connectivity index (χ2v) is 6.07. The van der Waals surface area contributed by atoms with E-state index in [9.17, 15) is 0 Å². The van der Waals surface area contributed by atoms with Gasteiger partial charge in [0.2, 0.25) is 0 Å². The molecule has 0 fully saturated rings. The van der Waals surface area contributed by atoms with Gasteiger partial charge in [0, 0.05) is 13.7 Å². The van der Waals surface area contributed by atoms with Gasteiger partial charge in [0.1, 0.15) is 5.75 Å². The van der Waals surface area contributed by atoms with E-state index in [4.69, 9.17) is 9.47 Å². The summed E-state index contributed by atoms with van der Waals surface area (Å²) in [5, 5.41) is 3.41. The number of hydrogen-bond acceptors (Lipinski definition) is 3. The Hall–Kier alpha value is -1.06. The molecule has 0 saturated carbocycles. The standard InChI is InChI=1S/C18H29NO2/c1-15(9-10-19-11-13-20-2)5-6-16-7-8-18-17(14-16)4-3-12-21-18/h7-8,14-15,19H,3-6,9-13H2,1-2H3. The molecule has 0 bridgehead atoms. The summed E-state index contributed by atoms with van der Waals surface area (Å²) in [6.07, 6.45) is 5.98. The minimum absolute atomic E-state index is 0.757. The first-order valence-electron chi connectivity index (χ1n) is 8.24. The van der Waals surface area contributed by atoms with Crippen LogP contribution < -0.4 is 10.1 Å². The van der Waals surface area contributed by atoms with E-state index in [1.54, 1.807) is 7.11 Å². The lowest BCUT2D eigenvalue weighted by atomic mass is 9.96. The maximum Gasteiger partial charge on any atom is 0.122 e. The lowest BCUT2D eigenvalue weighted by molar-refractivity contribution is 0.199. The van der Waals surface area contributed by atoms with Gasteiger partial charge in [0.05, 0.1) is 13.2 Å². The van der Waals surface area contributed by atoms with Crippen LogP contribution in [0.15, 0.2) is 18.2 Å². The van der Waals surface area contributed by atoms with Gasteiger partial charge in [-0.05, 0) is 61.8 Å². The molecular formula is C18H29NO2. The zero-order valence-electron chi connectivity index (χ0n) is 13.5. The van der Waals surface area contributed by atoms with Crippen molar-refractivity contribution < 1.29 is 9.47 Å². The van der Waals surface area contributed by atoms with Crippen molar-refractivity contribution in [3.05, 3.63) is 29.3 Å². The fraction of sp³-hybridized carbons (Fsp3) is 0.667. The zero-order valence-corrected chi connectivity index (χ0v) is 13.5. The molecule has 0 amide bonds. The van der Waals surface area contributed by atoms with Crippen molar-refractivity contribution in [3.63, 3.8) is 0 Å². The van der Waals surface area contributed by atoms with Crippen molar-refractivity contribution in [2.24, 2.45) is 5.92 Å². The molecular weight excluding hydrogens is 262 g/mol. The van der Waals surface area contributed by atoms with Gasteiger partial charge in [0.25, 0.3) is 0 Å². The quantitative estimate of drug-likeness (QED) is 0.709. The summed E-state index contributed by atoms with van der Waals surface area (Å²) < 4.78 is 10.7. The average molecular weight is 291 g/mol. The Morgan fingerprint density at radius 1 is 1.29 bits per heavy atom. The van der Waals surface area contributed by atoms with Crippen LogP contribution in [0.3, 0.4) is 0 Å². The van der Waals surface area contributed by atoms with Crippen molar-refractivity contribution >= 4 is 0 Å². The summed E-state index contributed by atoms with van der Waals surface area (Å²) in [5.74, 6) is 1.85. The highest BCUT2D eigenvalue weighted by atomic mass is 16.5. The molecule has 1 atom stereocenters. The van der Waals surface area contributed by atoms with Gasteiger partial charge in [-0.3, -0.25) is 0 Å². The minimum Gasteiger partial charge on any atom is -0.493 e. The molecule has 3 nitrogen and oxygen atoms in total. The van der Waals surface area contributed by atoms with Crippen LogP contribution in [0.5, 0.6) is 5.75 Å². The largest absolute Gasteiger partial charge is 0.493 e. The van der Waals surface area contributed by atoms with Crippen molar-refractivity contribution in [1.29, 1.82) is 0 Å². The van der Waals surface area contributed by atoms with Crippen LogP contribution in [-0.2, 0) is 17.6 Å². The number of benzene rings is 1. The maximum atomic E-state index is 5.67. The summed E-state index contributed by atoms with van der Waals surface area (Å²) in [7, 11) is 1.74. The molecule has 3 heteroatoms. The van der Waals surface area contributed by atoms with Crippen LogP contribution in [0.4, 0.5) is 0 Å². The molecule has 118 valence electrons. The number of rotatable bonds is 9. The molecule has 1 aromatic carbocycles. The molecule has 0 saturated heterocycles. The van der Waals surface area contributed by atoms with Gasteiger partial charge in [-0.15, -0.1) is 0 Å². The monoisotopic (exact) mass is 291 g/mol. The van der Waals surface area contributed by atoms with E-state index >= 15 is 0 Å². The zero-order chi connectivity index (χ0) is 14.9. The third-order valence-electron chi connectivity index (χ3n) is 4.20. The first kappa shape index (κ1) is 16.3. The molecule has 0 spiro atoms. The Morgan fingerprint density at radius 2 is 2.19 bits per heavy atom. The van der Waals surface area contributed by atoms with E-state index in [1.807, 2.05) is 0 Å². The smallest absolute Gasteiger partial charge is 0.122 e. The highest BCUT2D eigenvalue weighted by Crippen LogP contribution is 2.26. The van der Waals surface area contributed by atoms with Crippen molar-refractivity contribution in [1.82, 2.24) is 5.32 Å². The summed E-state index contributed by atoms with van der Waals surface area (Å²) in [6.45, 7) is 6.06. The van der Waals surface area contributed by atoms with Gasteiger partial charge in [-0.1, -0.05) is 19.1 Å². The fourth-order valence-corrected chi connectivity index (χ4v) is 2.77. The van der Waals surface area contributed by atoms with Gasteiger partial charge in [0.15, 0.2) is 0 Å². The van der Waals surface area contributed by atoms with Gasteiger partial charge in [-0.25, -0.2) is 0 Å². The Kier molecular flexibility index (Phi) is 7.04. The van der Waals surface area contributed by atoms with Gasteiger partial charge >= 0.3 is 0 Å². The summed E-state index contributed by atoms with van der Waals surface area (Å²) in [4.78, 5) is 0. The predicted molar refractivity (Wildman–Crippen MR) is 87.1 cm³/mol. The van der Waals surface area contributed by atoms with E-state index in [1.165, 1.54) is 36.8 Å². The Labute approximate surface area is 129 Å². The Bertz CT molecular complexity index is 420. The van der Waals surface area contributed by atoms with Gasteiger partial charge < -0.3 is 14.8 Å². The molecule has 1 N–H and O–H groups in total. The number of hydrogen-bond donors (Lipinski definition) is 1. The molecule has 1 aliphatic rings. The molecule has 1 unspecified atom stereocenters. The molecule has 1 aromatic rings. The summed E-state index contributed by atoms with van der Waals surface area (Å²) in [6, 6.07) is 6.73. The maximum absolute atomic E-state index is 5.67. The van der Waals surface area contributed by atoms with Crippen LogP contribution in [-0.4, -0.2) is 33.4 Å². The van der Waals surface area contributed by atoms with Crippen LogP contribution >= 0.6 is 0 Å². The number of fused-ring (bicyclic) bond motifs is 1. The SMILES string of the molecule is COCCNCCC(C)CCc1ccc2c(c1)CCCO2. The summed E-state index contributed by atoms with van der Waals surface area (Å²) in [5.41, 5.74) is 2.85. The van der Waals surface area contributed by atoms with E-state index in [0.29, 0.717) is 0 Å². The van der Waals surface area contributed by atoms with E-state index in [-0.39, 0.29) is 0 Å². The van der Waals surface area contributed by atoms with E-state index in [2.05, 4.69) is 30.4 Å². The minimum atomic E-state index is 0.757. The molecule has 0 radical (unpaired) electrons. The lowest BCUT2D eigenvalue weighted by Crippen LogP contribution is -2.21. The molecule has 1 aliphatic heterocycles. The number of methoxy groups -OCH3 is 1. The molecule has 21 heavy (non-hydrogen) atoms. The number of aryl methyl sites for hydroxylation is 2. The van der Waals surface area contributed by atoms with Crippen LogP contribution in [0.25, 0.3) is 0 Å². The van der Waals surface area contributed by atoms with Crippen molar-refractivity contribution in [2.75, 3.05) is 33.4 Å². The van der Waals surface area contributed by atoms with Crippen LogP contribution in [0.2, 0.25) is 0 Å². The normalized spacial score (nSPS) is 15.3. The third kappa shape index (κ3) is 5.68. The first-order valence-corrected chi connectivity index (χ1v) is 8.24. The van der Waals surface area contributed by atoms with E-state index < -0.39 is 0 Å². The van der Waals surface area contributed by atoms with Crippen molar-refractivity contribution in [3.8, 4) is 5.75 Å². The molecule has 0 aliphatic carbocycles. The first-order chi connectivity index (χ1) is 10.3.